The molecular formula is C21H14ClNO4. The van der Waals surface area contributed by atoms with Crippen molar-refractivity contribution >= 4 is 29.0 Å². The van der Waals surface area contributed by atoms with Crippen LogP contribution >= 0.6 is 11.6 Å². The van der Waals surface area contributed by atoms with Crippen LogP contribution in [0.1, 0.15) is 22.2 Å². The van der Waals surface area contributed by atoms with Crippen LogP contribution in [0, 0.1) is 0 Å². The molecule has 0 spiro atoms. The second-order valence-electron chi connectivity index (χ2n) is 6.03. The van der Waals surface area contributed by atoms with Crippen molar-refractivity contribution in [3.8, 4) is 0 Å². The molecular weight excluding hydrogens is 366 g/mol. The monoisotopic (exact) mass is 379 g/mol. The number of furan rings is 1. The second kappa shape index (κ2) is 6.78. The molecule has 0 fully saturated rings. The second-order valence-corrected chi connectivity index (χ2v) is 6.47. The van der Waals surface area contributed by atoms with Gasteiger partial charge in [0.05, 0.1) is 17.9 Å². The van der Waals surface area contributed by atoms with Crippen LogP contribution in [-0.4, -0.2) is 16.8 Å². The van der Waals surface area contributed by atoms with Gasteiger partial charge in [-0.1, -0.05) is 41.9 Å². The van der Waals surface area contributed by atoms with E-state index in [9.17, 15) is 14.7 Å². The maximum Gasteiger partial charge on any atom is 0.294 e. The number of ketones is 1. The summed E-state index contributed by atoms with van der Waals surface area (Å²) in [5.41, 5.74) is 1.20. The molecule has 1 unspecified atom stereocenters. The first kappa shape index (κ1) is 17.1. The van der Waals surface area contributed by atoms with Gasteiger partial charge in [-0.15, -0.1) is 0 Å². The molecule has 1 atom stereocenters. The van der Waals surface area contributed by atoms with E-state index >= 15 is 0 Å². The quantitative estimate of drug-likeness (QED) is 0.666. The predicted molar refractivity (Wildman–Crippen MR) is 101 cm³/mol. The van der Waals surface area contributed by atoms with Gasteiger partial charge in [0, 0.05) is 10.7 Å². The zero-order chi connectivity index (χ0) is 19.0. The molecule has 0 bridgehead atoms. The fourth-order valence-electron chi connectivity index (χ4n) is 3.20. The summed E-state index contributed by atoms with van der Waals surface area (Å²) >= 11 is 5.95. The molecule has 1 aliphatic rings. The Kier molecular flexibility index (Phi) is 4.30. The van der Waals surface area contributed by atoms with Gasteiger partial charge in [-0.3, -0.25) is 14.5 Å². The summed E-state index contributed by atoms with van der Waals surface area (Å²) in [5, 5.41) is 11.1. The Labute approximate surface area is 160 Å². The number of benzene rings is 2. The van der Waals surface area contributed by atoms with Crippen molar-refractivity contribution in [2.24, 2.45) is 0 Å². The van der Waals surface area contributed by atoms with E-state index < -0.39 is 23.5 Å². The number of aliphatic hydroxyl groups excluding tert-OH is 1. The Morgan fingerprint density at radius 1 is 1.00 bits per heavy atom. The summed E-state index contributed by atoms with van der Waals surface area (Å²) < 4.78 is 5.19. The lowest BCUT2D eigenvalue weighted by Crippen LogP contribution is -2.31. The number of hydrogen-bond acceptors (Lipinski definition) is 4. The molecule has 0 saturated heterocycles. The summed E-state index contributed by atoms with van der Waals surface area (Å²) in [7, 11) is 0. The number of halogens is 1. The average molecular weight is 380 g/mol. The van der Waals surface area contributed by atoms with Crippen LogP contribution in [0.25, 0.3) is 0 Å². The highest BCUT2D eigenvalue weighted by Crippen LogP contribution is 2.42. The van der Waals surface area contributed by atoms with Crippen molar-refractivity contribution in [3.63, 3.8) is 0 Å². The lowest BCUT2D eigenvalue weighted by molar-refractivity contribution is -0.117. The van der Waals surface area contributed by atoms with E-state index in [0.717, 1.165) is 0 Å². The molecule has 1 aromatic heterocycles. The summed E-state index contributed by atoms with van der Waals surface area (Å²) in [6.45, 7) is 0. The lowest BCUT2D eigenvalue weighted by atomic mass is 9.95. The highest BCUT2D eigenvalue weighted by Gasteiger charge is 2.45. The molecule has 0 radical (unpaired) electrons. The van der Waals surface area contributed by atoms with Crippen molar-refractivity contribution in [1.29, 1.82) is 0 Å². The molecule has 0 saturated carbocycles. The molecule has 1 N–H and O–H groups in total. The summed E-state index contributed by atoms with van der Waals surface area (Å²) in [4.78, 5) is 27.2. The standard InChI is InChI=1S/C21H14ClNO4/c22-14-8-10-15(11-9-14)23-18(13-5-2-1-3-6-13)17(20(25)21(23)26)19(24)16-7-4-12-27-16/h1-12,18,25H. The van der Waals surface area contributed by atoms with Crippen LogP contribution in [0.3, 0.4) is 0 Å². The molecule has 2 aromatic carbocycles. The van der Waals surface area contributed by atoms with E-state index in [-0.39, 0.29) is 11.3 Å². The number of Topliss-reactive ketones (excluding diaryl/α,β-unsaturated/α-hetero) is 1. The number of nitrogens with zero attached hydrogens (tertiary/aromatic N) is 1. The number of amides is 1. The molecule has 134 valence electrons. The van der Waals surface area contributed by atoms with Crippen molar-refractivity contribution in [3.05, 3.63) is 101 Å². The Morgan fingerprint density at radius 3 is 2.33 bits per heavy atom. The fourth-order valence-corrected chi connectivity index (χ4v) is 3.32. The smallest absolute Gasteiger partial charge is 0.294 e. The molecule has 2 heterocycles. The van der Waals surface area contributed by atoms with Gasteiger partial charge in [0.2, 0.25) is 5.78 Å². The molecule has 6 heteroatoms. The first-order valence-corrected chi connectivity index (χ1v) is 8.61. The fraction of sp³-hybridized carbons (Fsp3) is 0.0476. The van der Waals surface area contributed by atoms with Gasteiger partial charge in [0.1, 0.15) is 0 Å². The van der Waals surface area contributed by atoms with Crippen LogP contribution < -0.4 is 4.90 Å². The van der Waals surface area contributed by atoms with Crippen molar-refractivity contribution in [1.82, 2.24) is 0 Å². The zero-order valence-electron chi connectivity index (χ0n) is 14.0. The van der Waals surface area contributed by atoms with E-state index in [1.165, 1.54) is 17.2 Å². The van der Waals surface area contributed by atoms with Gasteiger partial charge < -0.3 is 9.52 Å². The molecule has 5 nitrogen and oxygen atoms in total. The molecule has 1 amide bonds. The van der Waals surface area contributed by atoms with E-state index in [2.05, 4.69) is 0 Å². The Morgan fingerprint density at radius 2 is 1.70 bits per heavy atom. The van der Waals surface area contributed by atoms with Crippen LogP contribution in [0.5, 0.6) is 0 Å². The number of aliphatic hydroxyl groups is 1. The van der Waals surface area contributed by atoms with Crippen LogP contribution in [0.4, 0.5) is 5.69 Å². The zero-order valence-corrected chi connectivity index (χ0v) is 14.8. The Hall–Kier alpha value is -3.31. The molecule has 0 aliphatic carbocycles. The van der Waals surface area contributed by atoms with Gasteiger partial charge in [0.15, 0.2) is 11.5 Å². The largest absolute Gasteiger partial charge is 0.503 e. The van der Waals surface area contributed by atoms with Gasteiger partial charge in [-0.05, 0) is 42.0 Å². The summed E-state index contributed by atoms with van der Waals surface area (Å²) in [6.07, 6.45) is 1.37. The van der Waals surface area contributed by atoms with Crippen molar-refractivity contribution in [2.75, 3.05) is 4.90 Å². The maximum atomic E-state index is 13.0. The minimum absolute atomic E-state index is 0.0175. The maximum absolute atomic E-state index is 13.0. The Bertz CT molecular complexity index is 1020. The van der Waals surface area contributed by atoms with E-state index in [1.807, 2.05) is 18.2 Å². The highest BCUT2D eigenvalue weighted by molar-refractivity contribution is 6.30. The molecule has 4 rings (SSSR count). The van der Waals surface area contributed by atoms with Gasteiger partial charge in [0.25, 0.3) is 5.91 Å². The molecule has 3 aromatic rings. The third kappa shape index (κ3) is 2.92. The van der Waals surface area contributed by atoms with Crippen molar-refractivity contribution in [2.45, 2.75) is 6.04 Å². The molecule has 1 aliphatic heterocycles. The van der Waals surface area contributed by atoms with Crippen LogP contribution in [-0.2, 0) is 4.79 Å². The minimum atomic E-state index is -0.780. The average Bonchev–Trinajstić information content (AvgIpc) is 3.31. The normalized spacial score (nSPS) is 16.9. The van der Waals surface area contributed by atoms with E-state index in [4.69, 9.17) is 16.0 Å². The Balaban J connectivity index is 1.87. The van der Waals surface area contributed by atoms with Crippen LogP contribution in [0.2, 0.25) is 5.02 Å². The highest BCUT2D eigenvalue weighted by atomic mass is 35.5. The number of rotatable bonds is 4. The van der Waals surface area contributed by atoms with E-state index in [0.29, 0.717) is 16.3 Å². The summed E-state index contributed by atoms with van der Waals surface area (Å²) in [6, 6.07) is 18.0. The minimum Gasteiger partial charge on any atom is -0.503 e. The SMILES string of the molecule is O=C(C1=C(O)C(=O)N(c2ccc(Cl)cc2)C1c1ccccc1)c1ccco1. The number of carbonyl (C=O) groups excluding carboxylic acids is 2. The predicted octanol–water partition coefficient (Wildman–Crippen LogP) is 4.72. The van der Waals surface area contributed by atoms with Gasteiger partial charge in [-0.2, -0.15) is 0 Å². The number of carbonyl (C=O) groups is 2. The van der Waals surface area contributed by atoms with Gasteiger partial charge in [-0.25, -0.2) is 0 Å². The third-order valence-electron chi connectivity index (χ3n) is 4.42. The van der Waals surface area contributed by atoms with Gasteiger partial charge >= 0.3 is 0 Å². The first-order valence-electron chi connectivity index (χ1n) is 8.23. The lowest BCUT2D eigenvalue weighted by Gasteiger charge is -2.26. The van der Waals surface area contributed by atoms with E-state index in [1.54, 1.807) is 42.5 Å². The first-order chi connectivity index (χ1) is 13.1. The number of anilines is 1. The summed E-state index contributed by atoms with van der Waals surface area (Å²) in [5.74, 6) is -1.71. The van der Waals surface area contributed by atoms with Crippen LogP contribution in [0.15, 0.2) is 88.7 Å². The molecule has 27 heavy (non-hydrogen) atoms. The van der Waals surface area contributed by atoms with Crippen molar-refractivity contribution < 1.29 is 19.1 Å². The third-order valence-corrected chi connectivity index (χ3v) is 4.67. The topological polar surface area (TPSA) is 70.8 Å². The number of hydrogen-bond donors (Lipinski definition) is 1.